The van der Waals surface area contributed by atoms with Crippen LogP contribution in [0.15, 0.2) is 18.3 Å². The summed E-state index contributed by atoms with van der Waals surface area (Å²) in [6.45, 7) is 2.98. The molecule has 78 valence electrons. The maximum Gasteiger partial charge on any atom is 0.213 e. The normalized spacial score (nSPS) is 12.5. The maximum absolute atomic E-state index is 5.51. The third kappa shape index (κ3) is 3.32. The standard InChI is InChI=1S/C10H16N2O2/c1-8(7-13-2)14-10-5-9(6-11)3-4-12-10/h3-5,8H,6-7,11H2,1-2H3. The highest BCUT2D eigenvalue weighted by molar-refractivity contribution is 5.20. The van der Waals surface area contributed by atoms with Gasteiger partial charge in [-0.15, -0.1) is 0 Å². The summed E-state index contributed by atoms with van der Waals surface area (Å²) in [5.74, 6) is 0.595. The van der Waals surface area contributed by atoms with Crippen LogP contribution in [-0.4, -0.2) is 24.8 Å². The number of aromatic nitrogens is 1. The smallest absolute Gasteiger partial charge is 0.213 e. The van der Waals surface area contributed by atoms with Crippen molar-refractivity contribution in [1.82, 2.24) is 4.98 Å². The predicted molar refractivity (Wildman–Crippen MR) is 54.1 cm³/mol. The van der Waals surface area contributed by atoms with Gasteiger partial charge in [-0.2, -0.15) is 0 Å². The van der Waals surface area contributed by atoms with Crippen LogP contribution in [0.2, 0.25) is 0 Å². The molecule has 1 unspecified atom stereocenters. The highest BCUT2D eigenvalue weighted by atomic mass is 16.5. The van der Waals surface area contributed by atoms with E-state index in [-0.39, 0.29) is 6.10 Å². The predicted octanol–water partition coefficient (Wildman–Crippen LogP) is 0.954. The molecule has 0 spiro atoms. The molecule has 1 aromatic rings. The Balaban J connectivity index is 2.57. The molecule has 0 aliphatic rings. The lowest BCUT2D eigenvalue weighted by Crippen LogP contribution is -2.18. The fourth-order valence-electron chi connectivity index (χ4n) is 1.12. The molecule has 0 fully saturated rings. The lowest BCUT2D eigenvalue weighted by atomic mass is 10.3. The van der Waals surface area contributed by atoms with Gasteiger partial charge in [0.05, 0.1) is 6.61 Å². The number of rotatable bonds is 5. The van der Waals surface area contributed by atoms with Gasteiger partial charge in [-0.25, -0.2) is 4.98 Å². The van der Waals surface area contributed by atoms with Crippen molar-refractivity contribution in [3.05, 3.63) is 23.9 Å². The molecular formula is C10H16N2O2. The van der Waals surface area contributed by atoms with Crippen LogP contribution in [0, 0.1) is 0 Å². The van der Waals surface area contributed by atoms with Crippen LogP contribution < -0.4 is 10.5 Å². The van der Waals surface area contributed by atoms with Crippen molar-refractivity contribution < 1.29 is 9.47 Å². The molecule has 0 aromatic carbocycles. The van der Waals surface area contributed by atoms with Crippen molar-refractivity contribution in [2.24, 2.45) is 5.73 Å². The molecule has 0 aliphatic heterocycles. The minimum Gasteiger partial charge on any atom is -0.472 e. The zero-order chi connectivity index (χ0) is 10.4. The van der Waals surface area contributed by atoms with Gasteiger partial charge in [0, 0.05) is 25.9 Å². The largest absolute Gasteiger partial charge is 0.472 e. The minimum atomic E-state index is 0.000486. The van der Waals surface area contributed by atoms with Gasteiger partial charge < -0.3 is 15.2 Å². The molecule has 14 heavy (non-hydrogen) atoms. The Bertz CT molecular complexity index is 279. The monoisotopic (exact) mass is 196 g/mol. The van der Waals surface area contributed by atoms with Crippen LogP contribution in [0.4, 0.5) is 0 Å². The van der Waals surface area contributed by atoms with E-state index in [0.29, 0.717) is 19.0 Å². The molecule has 1 rings (SSSR count). The number of methoxy groups -OCH3 is 1. The van der Waals surface area contributed by atoms with Crippen molar-refractivity contribution in [3.8, 4) is 5.88 Å². The fraction of sp³-hybridized carbons (Fsp3) is 0.500. The van der Waals surface area contributed by atoms with Gasteiger partial charge in [-0.3, -0.25) is 0 Å². The van der Waals surface area contributed by atoms with E-state index in [4.69, 9.17) is 15.2 Å². The van der Waals surface area contributed by atoms with E-state index in [2.05, 4.69) is 4.98 Å². The lowest BCUT2D eigenvalue weighted by molar-refractivity contribution is 0.0889. The highest BCUT2D eigenvalue weighted by Crippen LogP contribution is 2.10. The molecule has 4 nitrogen and oxygen atoms in total. The highest BCUT2D eigenvalue weighted by Gasteiger charge is 2.04. The Hall–Kier alpha value is -1.13. The van der Waals surface area contributed by atoms with Gasteiger partial charge in [0.1, 0.15) is 6.10 Å². The molecule has 0 aliphatic carbocycles. The van der Waals surface area contributed by atoms with Crippen LogP contribution >= 0.6 is 0 Å². The van der Waals surface area contributed by atoms with Crippen LogP contribution in [-0.2, 0) is 11.3 Å². The van der Waals surface area contributed by atoms with Crippen molar-refractivity contribution in [2.75, 3.05) is 13.7 Å². The number of nitrogens with zero attached hydrogens (tertiary/aromatic N) is 1. The van der Waals surface area contributed by atoms with Crippen molar-refractivity contribution >= 4 is 0 Å². The molecular weight excluding hydrogens is 180 g/mol. The number of nitrogens with two attached hydrogens (primary N) is 1. The zero-order valence-electron chi connectivity index (χ0n) is 8.56. The average molecular weight is 196 g/mol. The summed E-state index contributed by atoms with van der Waals surface area (Å²) in [6.07, 6.45) is 1.69. The van der Waals surface area contributed by atoms with Gasteiger partial charge in [-0.1, -0.05) is 0 Å². The van der Waals surface area contributed by atoms with E-state index in [0.717, 1.165) is 5.56 Å². The molecule has 0 saturated carbocycles. The van der Waals surface area contributed by atoms with E-state index in [9.17, 15) is 0 Å². The SMILES string of the molecule is COCC(C)Oc1cc(CN)ccn1. The molecule has 0 radical (unpaired) electrons. The molecule has 1 heterocycles. The third-order valence-electron chi connectivity index (χ3n) is 1.76. The van der Waals surface area contributed by atoms with Crippen LogP contribution in [0.3, 0.4) is 0 Å². The Labute approximate surface area is 84.0 Å². The summed E-state index contributed by atoms with van der Waals surface area (Å²) < 4.78 is 10.5. The first-order valence-corrected chi connectivity index (χ1v) is 4.57. The molecule has 0 saturated heterocycles. The topological polar surface area (TPSA) is 57.4 Å². The Morgan fingerprint density at radius 2 is 2.36 bits per heavy atom. The van der Waals surface area contributed by atoms with Crippen molar-refractivity contribution in [1.29, 1.82) is 0 Å². The summed E-state index contributed by atoms with van der Waals surface area (Å²) in [4.78, 5) is 4.08. The van der Waals surface area contributed by atoms with E-state index in [1.807, 2.05) is 19.1 Å². The Morgan fingerprint density at radius 1 is 1.57 bits per heavy atom. The molecule has 1 atom stereocenters. The number of hydrogen-bond donors (Lipinski definition) is 1. The quantitative estimate of drug-likeness (QED) is 0.762. The first-order chi connectivity index (χ1) is 6.76. The maximum atomic E-state index is 5.51. The molecule has 2 N–H and O–H groups in total. The molecule has 1 aromatic heterocycles. The van der Waals surface area contributed by atoms with Crippen LogP contribution in [0.5, 0.6) is 5.88 Å². The Morgan fingerprint density at radius 3 is 3.00 bits per heavy atom. The Kier molecular flexibility index (Phi) is 4.35. The van der Waals surface area contributed by atoms with Gasteiger partial charge in [0.15, 0.2) is 0 Å². The average Bonchev–Trinajstić information content (AvgIpc) is 2.18. The van der Waals surface area contributed by atoms with E-state index in [1.165, 1.54) is 0 Å². The lowest BCUT2D eigenvalue weighted by Gasteiger charge is -2.12. The van der Waals surface area contributed by atoms with Gasteiger partial charge >= 0.3 is 0 Å². The molecule has 0 amide bonds. The van der Waals surface area contributed by atoms with Gasteiger partial charge in [-0.05, 0) is 18.6 Å². The van der Waals surface area contributed by atoms with E-state index < -0.39 is 0 Å². The molecule has 4 heteroatoms. The summed E-state index contributed by atoms with van der Waals surface area (Å²) in [7, 11) is 1.64. The second kappa shape index (κ2) is 5.57. The minimum absolute atomic E-state index is 0.000486. The van der Waals surface area contributed by atoms with E-state index >= 15 is 0 Å². The van der Waals surface area contributed by atoms with Gasteiger partial charge in [0.2, 0.25) is 5.88 Å². The first kappa shape index (κ1) is 10.9. The summed E-state index contributed by atoms with van der Waals surface area (Å²) in [6, 6.07) is 3.71. The van der Waals surface area contributed by atoms with Crippen molar-refractivity contribution in [3.63, 3.8) is 0 Å². The number of ether oxygens (including phenoxy) is 2. The second-order valence-corrected chi connectivity index (χ2v) is 3.09. The molecule has 0 bridgehead atoms. The summed E-state index contributed by atoms with van der Waals surface area (Å²) >= 11 is 0. The zero-order valence-corrected chi connectivity index (χ0v) is 8.56. The number of pyridine rings is 1. The van der Waals surface area contributed by atoms with Crippen LogP contribution in [0.1, 0.15) is 12.5 Å². The van der Waals surface area contributed by atoms with Crippen LogP contribution in [0.25, 0.3) is 0 Å². The summed E-state index contributed by atoms with van der Waals surface area (Å²) in [5.41, 5.74) is 6.51. The van der Waals surface area contributed by atoms with Crippen molar-refractivity contribution in [2.45, 2.75) is 19.6 Å². The summed E-state index contributed by atoms with van der Waals surface area (Å²) in [5, 5.41) is 0. The first-order valence-electron chi connectivity index (χ1n) is 4.57. The van der Waals surface area contributed by atoms with E-state index in [1.54, 1.807) is 13.3 Å². The fourth-order valence-corrected chi connectivity index (χ4v) is 1.12. The second-order valence-electron chi connectivity index (χ2n) is 3.09. The van der Waals surface area contributed by atoms with Gasteiger partial charge in [0.25, 0.3) is 0 Å². The third-order valence-corrected chi connectivity index (χ3v) is 1.76. The number of hydrogen-bond acceptors (Lipinski definition) is 4.